The van der Waals surface area contributed by atoms with Gasteiger partial charge in [-0.15, -0.1) is 0 Å². The van der Waals surface area contributed by atoms with Gasteiger partial charge in [-0.05, 0) is 12.1 Å². The van der Waals surface area contributed by atoms with Crippen molar-refractivity contribution in [3.05, 3.63) is 30.6 Å². The van der Waals surface area contributed by atoms with Crippen molar-refractivity contribution in [3.63, 3.8) is 0 Å². The van der Waals surface area contributed by atoms with Gasteiger partial charge in [0, 0.05) is 13.7 Å². The number of para-hydroxylation sites is 2. The summed E-state index contributed by atoms with van der Waals surface area (Å²) in [6, 6.07) is 8.08. The van der Waals surface area contributed by atoms with Crippen LogP contribution in [0, 0.1) is 0 Å². The molecule has 6 nitrogen and oxygen atoms in total. The Balaban J connectivity index is 1.48. The normalized spacial score (nSPS) is 11.3. The van der Waals surface area contributed by atoms with Crippen LogP contribution in [-0.2, 0) is 25.5 Å². The zero-order valence-electron chi connectivity index (χ0n) is 13.1. The summed E-state index contributed by atoms with van der Waals surface area (Å²) in [5, 5.41) is 0. The molecule has 0 saturated carbocycles. The van der Waals surface area contributed by atoms with E-state index in [-0.39, 0.29) is 0 Å². The molecule has 0 aliphatic heterocycles. The molecular formula is C16H24N2O4. The number of imidazole rings is 1. The molecule has 0 spiro atoms. The van der Waals surface area contributed by atoms with Crippen molar-refractivity contribution in [1.29, 1.82) is 0 Å². The Bertz CT molecular complexity index is 530. The van der Waals surface area contributed by atoms with Crippen LogP contribution >= 0.6 is 0 Å². The first kappa shape index (κ1) is 16.9. The number of nitrogens with zero attached hydrogens (tertiary/aromatic N) is 2. The van der Waals surface area contributed by atoms with Gasteiger partial charge < -0.3 is 23.5 Å². The van der Waals surface area contributed by atoms with Gasteiger partial charge in [-0.25, -0.2) is 4.98 Å². The highest BCUT2D eigenvalue weighted by atomic mass is 16.6. The van der Waals surface area contributed by atoms with Gasteiger partial charge in [-0.3, -0.25) is 0 Å². The summed E-state index contributed by atoms with van der Waals surface area (Å²) in [4.78, 5) is 4.35. The van der Waals surface area contributed by atoms with Crippen LogP contribution in [0.2, 0.25) is 0 Å². The monoisotopic (exact) mass is 308 g/mol. The predicted molar refractivity (Wildman–Crippen MR) is 84.1 cm³/mol. The number of fused-ring (bicyclic) bond motifs is 1. The van der Waals surface area contributed by atoms with Crippen LogP contribution in [0.3, 0.4) is 0 Å². The van der Waals surface area contributed by atoms with Crippen LogP contribution in [0.15, 0.2) is 30.6 Å². The molecule has 0 fully saturated rings. The maximum absolute atomic E-state index is 5.57. The molecule has 0 amide bonds. The molecule has 22 heavy (non-hydrogen) atoms. The van der Waals surface area contributed by atoms with Gasteiger partial charge in [-0.1, -0.05) is 12.1 Å². The van der Waals surface area contributed by atoms with Crippen LogP contribution in [0.5, 0.6) is 0 Å². The Hall–Kier alpha value is -1.47. The van der Waals surface area contributed by atoms with Crippen LogP contribution < -0.4 is 0 Å². The summed E-state index contributed by atoms with van der Waals surface area (Å²) in [5.74, 6) is 0. The van der Waals surface area contributed by atoms with Crippen molar-refractivity contribution < 1.29 is 18.9 Å². The molecule has 0 aliphatic carbocycles. The van der Waals surface area contributed by atoms with E-state index < -0.39 is 0 Å². The molecule has 0 radical (unpaired) electrons. The largest absolute Gasteiger partial charge is 0.382 e. The first-order valence-corrected chi connectivity index (χ1v) is 7.54. The lowest BCUT2D eigenvalue weighted by Gasteiger charge is -2.07. The Kier molecular flexibility index (Phi) is 7.90. The Labute approximate surface area is 130 Å². The highest BCUT2D eigenvalue weighted by molar-refractivity contribution is 5.74. The zero-order chi connectivity index (χ0) is 15.5. The van der Waals surface area contributed by atoms with Crippen molar-refractivity contribution in [2.24, 2.45) is 0 Å². The first-order chi connectivity index (χ1) is 10.9. The Morgan fingerprint density at radius 2 is 1.50 bits per heavy atom. The lowest BCUT2D eigenvalue weighted by atomic mass is 10.3. The molecular weight excluding hydrogens is 284 g/mol. The topological polar surface area (TPSA) is 54.7 Å². The summed E-state index contributed by atoms with van der Waals surface area (Å²) in [6.45, 7) is 5.00. The SMILES string of the molecule is COCCOCCOCCOCCn1cnc2ccccc21. The van der Waals surface area contributed by atoms with E-state index in [9.17, 15) is 0 Å². The third-order valence-electron chi connectivity index (χ3n) is 3.18. The number of hydrogen-bond acceptors (Lipinski definition) is 5. The number of rotatable bonds is 12. The molecule has 1 heterocycles. The van der Waals surface area contributed by atoms with Gasteiger partial charge in [-0.2, -0.15) is 0 Å². The lowest BCUT2D eigenvalue weighted by Crippen LogP contribution is -2.13. The van der Waals surface area contributed by atoms with Gasteiger partial charge in [0.1, 0.15) is 0 Å². The van der Waals surface area contributed by atoms with E-state index in [0.29, 0.717) is 46.2 Å². The summed E-state index contributed by atoms with van der Waals surface area (Å²) in [6.07, 6.45) is 1.85. The van der Waals surface area contributed by atoms with E-state index in [0.717, 1.165) is 17.6 Å². The second kappa shape index (κ2) is 10.3. The molecule has 0 saturated heterocycles. The van der Waals surface area contributed by atoms with Crippen LogP contribution in [0.1, 0.15) is 0 Å². The van der Waals surface area contributed by atoms with Gasteiger partial charge in [0.05, 0.1) is 63.6 Å². The fraction of sp³-hybridized carbons (Fsp3) is 0.562. The van der Waals surface area contributed by atoms with Gasteiger partial charge in [0.15, 0.2) is 0 Å². The molecule has 0 atom stereocenters. The number of methoxy groups -OCH3 is 1. The maximum atomic E-state index is 5.57. The standard InChI is InChI=1S/C16H24N2O4/c1-19-8-9-21-12-13-22-11-10-20-7-6-18-14-17-15-4-2-3-5-16(15)18/h2-5,14H,6-13H2,1H3. The van der Waals surface area contributed by atoms with Crippen LogP contribution in [-0.4, -0.2) is 62.9 Å². The van der Waals surface area contributed by atoms with Crippen molar-refractivity contribution in [2.45, 2.75) is 6.54 Å². The van der Waals surface area contributed by atoms with Gasteiger partial charge >= 0.3 is 0 Å². The third-order valence-corrected chi connectivity index (χ3v) is 3.18. The van der Waals surface area contributed by atoms with Gasteiger partial charge in [0.25, 0.3) is 0 Å². The highest BCUT2D eigenvalue weighted by Gasteiger charge is 2.00. The summed E-state index contributed by atoms with van der Waals surface area (Å²) in [5.41, 5.74) is 2.15. The summed E-state index contributed by atoms with van der Waals surface area (Å²) >= 11 is 0. The molecule has 2 rings (SSSR count). The maximum Gasteiger partial charge on any atom is 0.0959 e. The summed E-state index contributed by atoms with van der Waals surface area (Å²) < 4.78 is 23.2. The van der Waals surface area contributed by atoms with E-state index in [1.165, 1.54) is 0 Å². The molecule has 0 N–H and O–H groups in total. The quantitative estimate of drug-likeness (QED) is 0.559. The van der Waals surface area contributed by atoms with E-state index >= 15 is 0 Å². The molecule has 122 valence electrons. The van der Waals surface area contributed by atoms with Crippen molar-refractivity contribution in [3.8, 4) is 0 Å². The van der Waals surface area contributed by atoms with Crippen LogP contribution in [0.25, 0.3) is 11.0 Å². The average molecular weight is 308 g/mol. The van der Waals surface area contributed by atoms with Crippen LogP contribution in [0.4, 0.5) is 0 Å². The Morgan fingerprint density at radius 3 is 2.23 bits per heavy atom. The Morgan fingerprint density at radius 1 is 0.864 bits per heavy atom. The number of ether oxygens (including phenoxy) is 4. The second-order valence-corrected chi connectivity index (χ2v) is 4.76. The molecule has 1 aromatic carbocycles. The molecule has 2 aromatic rings. The predicted octanol–water partition coefficient (Wildman–Crippen LogP) is 1.73. The van der Waals surface area contributed by atoms with E-state index in [4.69, 9.17) is 18.9 Å². The summed E-state index contributed by atoms with van der Waals surface area (Å²) in [7, 11) is 1.66. The molecule has 6 heteroatoms. The average Bonchev–Trinajstić information content (AvgIpc) is 2.96. The molecule has 0 bridgehead atoms. The number of benzene rings is 1. The van der Waals surface area contributed by atoms with Crippen molar-refractivity contribution >= 4 is 11.0 Å². The van der Waals surface area contributed by atoms with Gasteiger partial charge in [0.2, 0.25) is 0 Å². The smallest absolute Gasteiger partial charge is 0.0959 e. The fourth-order valence-corrected chi connectivity index (χ4v) is 2.04. The van der Waals surface area contributed by atoms with E-state index in [1.807, 2.05) is 24.5 Å². The molecule has 1 aromatic heterocycles. The minimum atomic E-state index is 0.582. The highest BCUT2D eigenvalue weighted by Crippen LogP contribution is 2.11. The first-order valence-electron chi connectivity index (χ1n) is 7.54. The molecule has 0 aliphatic rings. The van der Waals surface area contributed by atoms with E-state index in [2.05, 4.69) is 15.6 Å². The lowest BCUT2D eigenvalue weighted by molar-refractivity contribution is 0.00283. The van der Waals surface area contributed by atoms with Crippen molar-refractivity contribution in [2.75, 3.05) is 53.4 Å². The zero-order valence-corrected chi connectivity index (χ0v) is 13.1. The molecule has 0 unspecified atom stereocenters. The fourth-order valence-electron chi connectivity index (χ4n) is 2.04. The number of aromatic nitrogens is 2. The minimum absolute atomic E-state index is 0.582. The second-order valence-electron chi connectivity index (χ2n) is 4.76. The number of hydrogen-bond donors (Lipinski definition) is 0. The minimum Gasteiger partial charge on any atom is -0.382 e. The third kappa shape index (κ3) is 5.73. The van der Waals surface area contributed by atoms with Crippen molar-refractivity contribution in [1.82, 2.24) is 9.55 Å². The van der Waals surface area contributed by atoms with E-state index in [1.54, 1.807) is 7.11 Å².